The van der Waals surface area contributed by atoms with Crippen LogP contribution in [-0.4, -0.2) is 48.8 Å². The number of fused-ring (bicyclic) bond motifs is 1. The number of rotatable bonds is 4. The van der Waals surface area contributed by atoms with Crippen LogP contribution < -0.4 is 14.8 Å². The number of amides is 1. The quantitative estimate of drug-likeness (QED) is 0.785. The fraction of sp³-hybridized carbons (Fsp3) is 0.474. The van der Waals surface area contributed by atoms with Crippen LogP contribution in [-0.2, 0) is 21.1 Å². The molecule has 1 amide bonds. The normalized spacial score (nSPS) is 20.3. The summed E-state index contributed by atoms with van der Waals surface area (Å²) in [5, 5.41) is 7.63. The molecule has 1 fully saturated rings. The van der Waals surface area contributed by atoms with Crippen LogP contribution in [0.2, 0.25) is 5.02 Å². The Morgan fingerprint density at radius 3 is 2.86 bits per heavy atom. The number of ether oxygens (including phenoxy) is 2. The van der Waals surface area contributed by atoms with E-state index in [0.717, 1.165) is 6.42 Å². The molecule has 1 aromatic carbocycles. The molecule has 0 radical (unpaired) electrons. The van der Waals surface area contributed by atoms with Crippen LogP contribution in [0, 0.1) is 6.92 Å². The third-order valence-electron chi connectivity index (χ3n) is 4.91. The molecule has 1 N–H and O–H groups in total. The van der Waals surface area contributed by atoms with Crippen molar-refractivity contribution >= 4 is 33.2 Å². The Hall–Kier alpha value is -2.26. The van der Waals surface area contributed by atoms with Crippen LogP contribution in [0.4, 0.5) is 5.82 Å². The van der Waals surface area contributed by atoms with Crippen molar-refractivity contribution in [3.63, 3.8) is 0 Å². The molecule has 2 aliphatic rings. The molecule has 1 unspecified atom stereocenters. The van der Waals surface area contributed by atoms with Gasteiger partial charge in [0.1, 0.15) is 5.82 Å². The molecule has 0 bridgehead atoms. The number of aromatic nitrogens is 2. The molecule has 29 heavy (non-hydrogen) atoms. The zero-order chi connectivity index (χ0) is 20.6. The smallest absolute Gasteiger partial charge is 0.229 e. The van der Waals surface area contributed by atoms with Crippen LogP contribution >= 0.6 is 11.6 Å². The van der Waals surface area contributed by atoms with E-state index in [1.807, 2.05) is 0 Å². The molecule has 10 heteroatoms. The molecule has 1 atom stereocenters. The molecule has 1 saturated heterocycles. The molecule has 4 rings (SSSR count). The third kappa shape index (κ3) is 4.51. The van der Waals surface area contributed by atoms with E-state index in [-0.39, 0.29) is 29.9 Å². The first kappa shape index (κ1) is 20.0. The Bertz CT molecular complexity index is 1050. The highest BCUT2D eigenvalue weighted by Gasteiger charge is 2.31. The van der Waals surface area contributed by atoms with Crippen LogP contribution in [0.1, 0.15) is 30.1 Å². The van der Waals surface area contributed by atoms with Gasteiger partial charge in [-0.3, -0.25) is 4.79 Å². The number of sulfone groups is 1. The standard InChI is InChI=1S/C19H22ClN3O5S/c1-12-7-17(23(22-12)14-3-6-29(25,26)11-14)21-18(24)10-13-8-15(20)19-16(9-13)27-4-2-5-28-19/h7-9,14H,2-6,10-11H2,1H3,(H,21,24). The fourth-order valence-electron chi connectivity index (χ4n) is 3.62. The Labute approximate surface area is 174 Å². The molecule has 2 aromatic rings. The Kier molecular flexibility index (Phi) is 5.44. The zero-order valence-electron chi connectivity index (χ0n) is 16.0. The lowest BCUT2D eigenvalue weighted by atomic mass is 10.1. The number of anilines is 1. The second-order valence-corrected chi connectivity index (χ2v) is 9.99. The van der Waals surface area contributed by atoms with Gasteiger partial charge in [0, 0.05) is 12.5 Å². The summed E-state index contributed by atoms with van der Waals surface area (Å²) in [5.74, 6) is 1.46. The SMILES string of the molecule is Cc1cc(NC(=O)Cc2cc(Cl)c3c(c2)OCCCO3)n(C2CCS(=O)(=O)C2)n1. The summed E-state index contributed by atoms with van der Waals surface area (Å²) in [6, 6.07) is 4.93. The van der Waals surface area contributed by atoms with Crippen LogP contribution in [0.15, 0.2) is 18.2 Å². The van der Waals surface area contributed by atoms with Crippen molar-refractivity contribution in [3.8, 4) is 11.5 Å². The van der Waals surface area contributed by atoms with E-state index in [4.69, 9.17) is 21.1 Å². The topological polar surface area (TPSA) is 99.5 Å². The van der Waals surface area contributed by atoms with E-state index >= 15 is 0 Å². The van der Waals surface area contributed by atoms with Crippen molar-refractivity contribution in [3.05, 3.63) is 34.5 Å². The minimum Gasteiger partial charge on any atom is -0.489 e. The number of hydrogen-bond donors (Lipinski definition) is 1. The first-order valence-corrected chi connectivity index (χ1v) is 11.6. The summed E-state index contributed by atoms with van der Waals surface area (Å²) in [7, 11) is -3.06. The van der Waals surface area contributed by atoms with E-state index in [1.165, 1.54) is 0 Å². The van der Waals surface area contributed by atoms with Gasteiger partial charge in [0.15, 0.2) is 21.3 Å². The Morgan fingerprint density at radius 2 is 2.10 bits per heavy atom. The van der Waals surface area contributed by atoms with Crippen molar-refractivity contribution in [2.24, 2.45) is 0 Å². The van der Waals surface area contributed by atoms with Gasteiger partial charge in [-0.05, 0) is 31.0 Å². The molecule has 3 heterocycles. The van der Waals surface area contributed by atoms with Crippen molar-refractivity contribution < 1.29 is 22.7 Å². The maximum absolute atomic E-state index is 12.6. The first-order chi connectivity index (χ1) is 13.8. The average Bonchev–Trinajstić information content (AvgIpc) is 3.07. The van der Waals surface area contributed by atoms with Gasteiger partial charge in [0.2, 0.25) is 5.91 Å². The number of hydrogen-bond acceptors (Lipinski definition) is 6. The molecule has 8 nitrogen and oxygen atoms in total. The highest BCUT2D eigenvalue weighted by Crippen LogP contribution is 2.38. The van der Waals surface area contributed by atoms with Crippen molar-refractivity contribution in [2.75, 3.05) is 30.0 Å². The van der Waals surface area contributed by atoms with Crippen molar-refractivity contribution in [2.45, 2.75) is 32.2 Å². The van der Waals surface area contributed by atoms with Gasteiger partial charge in [-0.25, -0.2) is 13.1 Å². The monoisotopic (exact) mass is 439 g/mol. The highest BCUT2D eigenvalue weighted by molar-refractivity contribution is 7.91. The average molecular weight is 440 g/mol. The van der Waals surface area contributed by atoms with Gasteiger partial charge in [-0.1, -0.05) is 11.6 Å². The van der Waals surface area contributed by atoms with E-state index in [2.05, 4.69) is 10.4 Å². The van der Waals surface area contributed by atoms with Gasteiger partial charge < -0.3 is 14.8 Å². The molecule has 156 valence electrons. The van der Waals surface area contributed by atoms with Crippen LogP contribution in [0.25, 0.3) is 0 Å². The minimum absolute atomic E-state index is 0.0365. The molecule has 2 aliphatic heterocycles. The Morgan fingerprint density at radius 1 is 1.31 bits per heavy atom. The van der Waals surface area contributed by atoms with E-state index in [1.54, 1.807) is 29.8 Å². The highest BCUT2D eigenvalue weighted by atomic mass is 35.5. The number of aryl methyl sites for hydroxylation is 1. The maximum Gasteiger partial charge on any atom is 0.229 e. The zero-order valence-corrected chi connectivity index (χ0v) is 17.6. The summed E-state index contributed by atoms with van der Waals surface area (Å²) in [5.41, 5.74) is 1.41. The van der Waals surface area contributed by atoms with Gasteiger partial charge >= 0.3 is 0 Å². The number of nitrogens with zero attached hydrogens (tertiary/aromatic N) is 2. The second-order valence-electron chi connectivity index (χ2n) is 7.35. The van der Waals surface area contributed by atoms with E-state index < -0.39 is 9.84 Å². The summed E-state index contributed by atoms with van der Waals surface area (Å²) in [4.78, 5) is 12.6. The number of benzene rings is 1. The van der Waals surface area contributed by atoms with Crippen LogP contribution in [0.5, 0.6) is 11.5 Å². The summed E-state index contributed by atoms with van der Waals surface area (Å²) in [6.07, 6.45) is 1.34. The lowest BCUT2D eigenvalue weighted by molar-refractivity contribution is -0.115. The number of nitrogens with one attached hydrogen (secondary N) is 1. The van der Waals surface area contributed by atoms with E-state index in [0.29, 0.717) is 53.2 Å². The molecule has 0 aliphatic carbocycles. The summed E-state index contributed by atoms with van der Waals surface area (Å²) < 4.78 is 36.5. The summed E-state index contributed by atoms with van der Waals surface area (Å²) >= 11 is 6.30. The number of carbonyl (C=O) groups excluding carboxylic acids is 1. The molecular formula is C19H22ClN3O5S. The lowest BCUT2D eigenvalue weighted by Gasteiger charge is -2.14. The second kappa shape index (κ2) is 7.87. The lowest BCUT2D eigenvalue weighted by Crippen LogP contribution is -2.20. The predicted octanol–water partition coefficient (Wildman–Crippen LogP) is 2.55. The van der Waals surface area contributed by atoms with Crippen molar-refractivity contribution in [1.82, 2.24) is 9.78 Å². The number of halogens is 1. The fourth-order valence-corrected chi connectivity index (χ4v) is 5.60. The van der Waals surface area contributed by atoms with Gasteiger partial charge in [-0.15, -0.1) is 0 Å². The third-order valence-corrected chi connectivity index (χ3v) is 6.94. The minimum atomic E-state index is -3.06. The molecule has 0 spiro atoms. The first-order valence-electron chi connectivity index (χ1n) is 9.45. The van der Waals surface area contributed by atoms with Gasteiger partial charge in [-0.2, -0.15) is 5.10 Å². The number of carbonyl (C=O) groups is 1. The van der Waals surface area contributed by atoms with Gasteiger partial charge in [0.25, 0.3) is 0 Å². The summed E-state index contributed by atoms with van der Waals surface area (Å²) in [6.45, 7) is 2.87. The molecule has 1 aromatic heterocycles. The molecule has 0 saturated carbocycles. The van der Waals surface area contributed by atoms with Gasteiger partial charge in [0.05, 0.1) is 47.9 Å². The van der Waals surface area contributed by atoms with Crippen LogP contribution in [0.3, 0.4) is 0 Å². The largest absolute Gasteiger partial charge is 0.489 e. The van der Waals surface area contributed by atoms with Crippen molar-refractivity contribution in [1.29, 1.82) is 0 Å². The predicted molar refractivity (Wildman–Crippen MR) is 109 cm³/mol. The maximum atomic E-state index is 12.6. The Balaban J connectivity index is 1.50. The molecular weight excluding hydrogens is 418 g/mol. The van der Waals surface area contributed by atoms with E-state index in [9.17, 15) is 13.2 Å².